The maximum Gasteiger partial charge on any atom is 0.266 e. The van der Waals surface area contributed by atoms with E-state index in [4.69, 9.17) is 14.5 Å². The van der Waals surface area contributed by atoms with Gasteiger partial charge in [-0.3, -0.25) is 9.69 Å². The van der Waals surface area contributed by atoms with Crippen LogP contribution in [0.15, 0.2) is 131 Å². The normalized spacial score (nSPS) is 15.0. The van der Waals surface area contributed by atoms with E-state index in [-0.39, 0.29) is 5.91 Å². The lowest BCUT2D eigenvalue weighted by Crippen LogP contribution is -2.31. The topological polar surface area (TPSA) is 51.1 Å². The monoisotopic (exact) mass is 584 g/mol. The molecule has 6 rings (SSSR count). The van der Waals surface area contributed by atoms with Crippen LogP contribution >= 0.6 is 11.8 Å². The molecule has 1 aliphatic rings. The van der Waals surface area contributed by atoms with Crippen molar-refractivity contribution in [1.82, 2.24) is 4.90 Å². The molecule has 214 valence electrons. The number of para-hydroxylation sites is 1. The molecule has 0 saturated carbocycles. The Hall–Kier alpha value is -4.81. The minimum Gasteiger partial charge on any atom is -0.490 e. The lowest BCUT2D eigenvalue weighted by Gasteiger charge is -2.15. The molecular formula is C37H32N2O3S. The average Bonchev–Trinajstić information content (AvgIpc) is 3.33. The molecule has 0 N–H and O–H groups in total. The van der Waals surface area contributed by atoms with Gasteiger partial charge >= 0.3 is 0 Å². The summed E-state index contributed by atoms with van der Waals surface area (Å²) in [5.41, 5.74) is 3.97. The quantitative estimate of drug-likeness (QED) is 0.154. The van der Waals surface area contributed by atoms with E-state index in [2.05, 4.69) is 42.5 Å². The summed E-state index contributed by atoms with van der Waals surface area (Å²) >= 11 is 1.40. The fourth-order valence-corrected chi connectivity index (χ4v) is 6.04. The first kappa shape index (κ1) is 28.3. The highest BCUT2D eigenvalue weighted by atomic mass is 32.2. The molecule has 5 nitrogen and oxygen atoms in total. The number of fused-ring (bicyclic) bond motifs is 1. The maximum atomic E-state index is 13.7. The van der Waals surface area contributed by atoms with Crippen molar-refractivity contribution < 1.29 is 14.3 Å². The molecule has 0 aromatic heterocycles. The Morgan fingerprint density at radius 3 is 2.35 bits per heavy atom. The average molecular weight is 585 g/mol. The molecule has 0 atom stereocenters. The first-order valence-electron chi connectivity index (χ1n) is 14.4. The summed E-state index contributed by atoms with van der Waals surface area (Å²) in [6, 6.07) is 40.3. The van der Waals surface area contributed by atoms with E-state index in [0.717, 1.165) is 23.2 Å². The van der Waals surface area contributed by atoms with Crippen LogP contribution in [0.4, 0.5) is 5.69 Å². The molecule has 5 aromatic carbocycles. The Morgan fingerprint density at radius 1 is 0.791 bits per heavy atom. The molecule has 43 heavy (non-hydrogen) atoms. The number of carbonyl (C=O) groups is 1. The first-order valence-corrected chi connectivity index (χ1v) is 15.2. The van der Waals surface area contributed by atoms with Gasteiger partial charge in [-0.15, -0.1) is 0 Å². The zero-order chi connectivity index (χ0) is 29.4. The second-order valence-electron chi connectivity index (χ2n) is 10.1. The van der Waals surface area contributed by atoms with E-state index in [0.29, 0.717) is 41.3 Å². The fourth-order valence-electron chi connectivity index (χ4n) is 5.01. The first-order chi connectivity index (χ1) is 21.2. The van der Waals surface area contributed by atoms with Gasteiger partial charge in [0.15, 0.2) is 16.7 Å². The highest BCUT2D eigenvalue weighted by Crippen LogP contribution is 2.36. The van der Waals surface area contributed by atoms with Crippen molar-refractivity contribution in [1.29, 1.82) is 0 Å². The summed E-state index contributed by atoms with van der Waals surface area (Å²) in [4.78, 5) is 20.9. The van der Waals surface area contributed by atoms with Crippen LogP contribution in [0.2, 0.25) is 0 Å². The smallest absolute Gasteiger partial charge is 0.266 e. The number of amidine groups is 1. The van der Waals surface area contributed by atoms with Gasteiger partial charge in [-0.05, 0) is 82.9 Å². The molecule has 6 heteroatoms. The minimum absolute atomic E-state index is 0.0511. The van der Waals surface area contributed by atoms with Crippen molar-refractivity contribution in [2.45, 2.75) is 20.0 Å². The fraction of sp³-hybridized carbons (Fsp3) is 0.135. The third kappa shape index (κ3) is 6.82. The van der Waals surface area contributed by atoms with E-state index in [1.165, 1.54) is 28.1 Å². The summed E-state index contributed by atoms with van der Waals surface area (Å²) in [5.74, 6) is 1.26. The van der Waals surface area contributed by atoms with Crippen molar-refractivity contribution in [3.63, 3.8) is 0 Å². The minimum atomic E-state index is -0.0511. The standard InChI is InChI=1S/C37H32N2O3S/c1-2-41-34-24-28(20-21-33(34)42-26-30-16-11-15-29-14-9-10-19-32(29)30)25-35-36(40)39(23-22-27-12-5-3-6-13-27)37(43-35)38-31-17-7-4-8-18-31/h3-21,24-25H,2,22-23,26H2,1H3/b35-25+,38-37?. The number of nitrogens with zero attached hydrogens (tertiary/aromatic N) is 2. The maximum absolute atomic E-state index is 13.7. The van der Waals surface area contributed by atoms with Crippen molar-refractivity contribution in [2.24, 2.45) is 4.99 Å². The van der Waals surface area contributed by atoms with Gasteiger partial charge in [0.2, 0.25) is 0 Å². The van der Waals surface area contributed by atoms with Crippen molar-refractivity contribution in [2.75, 3.05) is 13.2 Å². The molecule has 0 bridgehead atoms. The molecule has 5 aromatic rings. The molecule has 0 unspecified atom stereocenters. The van der Waals surface area contributed by atoms with Crippen LogP contribution in [0.5, 0.6) is 11.5 Å². The molecule has 0 spiro atoms. The van der Waals surface area contributed by atoms with Gasteiger partial charge in [0, 0.05) is 6.54 Å². The predicted octanol–water partition coefficient (Wildman–Crippen LogP) is 8.66. The third-order valence-electron chi connectivity index (χ3n) is 7.16. The SMILES string of the molecule is CCOc1cc(/C=C2/SC(=Nc3ccccc3)N(CCc3ccccc3)C2=O)ccc1OCc1cccc2ccccc12. The van der Waals surface area contributed by atoms with Gasteiger partial charge in [-0.25, -0.2) is 4.99 Å². The van der Waals surface area contributed by atoms with Crippen LogP contribution in [0, 0.1) is 0 Å². The summed E-state index contributed by atoms with van der Waals surface area (Å²) in [7, 11) is 0. The number of aliphatic imine (C=N–C) groups is 1. The second kappa shape index (κ2) is 13.4. The Labute approximate surface area is 256 Å². The molecule has 1 heterocycles. The van der Waals surface area contributed by atoms with E-state index in [1.807, 2.05) is 91.9 Å². The number of hydrogen-bond donors (Lipinski definition) is 0. The van der Waals surface area contributed by atoms with Crippen LogP contribution in [-0.4, -0.2) is 29.1 Å². The number of ether oxygens (including phenoxy) is 2. The molecule has 1 amide bonds. The number of rotatable bonds is 10. The summed E-state index contributed by atoms with van der Waals surface area (Å²) in [6.07, 6.45) is 2.65. The highest BCUT2D eigenvalue weighted by Gasteiger charge is 2.33. The van der Waals surface area contributed by atoms with E-state index in [1.54, 1.807) is 4.90 Å². The number of amides is 1. The van der Waals surface area contributed by atoms with Crippen molar-refractivity contribution in [3.05, 3.63) is 143 Å². The number of carbonyl (C=O) groups excluding carboxylic acids is 1. The lowest BCUT2D eigenvalue weighted by atomic mass is 10.1. The Morgan fingerprint density at radius 2 is 1.53 bits per heavy atom. The third-order valence-corrected chi connectivity index (χ3v) is 8.17. The molecule has 1 fully saturated rings. The van der Waals surface area contributed by atoms with Gasteiger partial charge in [0.05, 0.1) is 17.2 Å². The Bertz CT molecular complexity index is 1780. The summed E-state index contributed by atoms with van der Waals surface area (Å²) in [6.45, 7) is 3.42. The molecule has 0 aliphatic carbocycles. The molecule has 1 saturated heterocycles. The molecular weight excluding hydrogens is 552 g/mol. The van der Waals surface area contributed by atoms with Crippen LogP contribution in [0.1, 0.15) is 23.6 Å². The molecule has 0 radical (unpaired) electrons. The summed E-state index contributed by atoms with van der Waals surface area (Å²) < 4.78 is 12.2. The zero-order valence-corrected chi connectivity index (χ0v) is 24.8. The molecule has 1 aliphatic heterocycles. The van der Waals surface area contributed by atoms with Gasteiger partial charge in [-0.1, -0.05) is 97.1 Å². The Balaban J connectivity index is 1.25. The predicted molar refractivity (Wildman–Crippen MR) is 177 cm³/mol. The number of benzene rings is 5. The summed E-state index contributed by atoms with van der Waals surface area (Å²) in [5, 5.41) is 3.03. The van der Waals surface area contributed by atoms with E-state index >= 15 is 0 Å². The lowest BCUT2D eigenvalue weighted by molar-refractivity contribution is -0.122. The second-order valence-corrected chi connectivity index (χ2v) is 11.1. The Kier molecular flexibility index (Phi) is 8.85. The number of thioether (sulfide) groups is 1. The van der Waals surface area contributed by atoms with Crippen molar-refractivity contribution >= 4 is 45.4 Å². The van der Waals surface area contributed by atoms with Gasteiger partial charge in [-0.2, -0.15) is 0 Å². The van der Waals surface area contributed by atoms with E-state index in [9.17, 15) is 4.79 Å². The van der Waals surface area contributed by atoms with Gasteiger partial charge < -0.3 is 9.47 Å². The van der Waals surface area contributed by atoms with E-state index < -0.39 is 0 Å². The van der Waals surface area contributed by atoms with Crippen LogP contribution in [-0.2, 0) is 17.8 Å². The zero-order valence-electron chi connectivity index (χ0n) is 24.0. The highest BCUT2D eigenvalue weighted by molar-refractivity contribution is 8.18. The largest absolute Gasteiger partial charge is 0.490 e. The van der Waals surface area contributed by atoms with Crippen molar-refractivity contribution in [3.8, 4) is 11.5 Å². The number of hydrogen-bond acceptors (Lipinski definition) is 5. The van der Waals surface area contributed by atoms with Gasteiger partial charge in [0.1, 0.15) is 6.61 Å². The van der Waals surface area contributed by atoms with Crippen LogP contribution in [0.25, 0.3) is 16.8 Å². The van der Waals surface area contributed by atoms with Crippen LogP contribution in [0.3, 0.4) is 0 Å². The van der Waals surface area contributed by atoms with Crippen LogP contribution < -0.4 is 9.47 Å². The van der Waals surface area contributed by atoms with Gasteiger partial charge in [0.25, 0.3) is 5.91 Å².